The molecule has 306 valence electrons. The molecule has 0 amide bonds. The van der Waals surface area contributed by atoms with E-state index in [4.69, 9.17) is 18.5 Å². The molecule has 0 bridgehead atoms. The first-order chi connectivity index (χ1) is 24.9. The molecule has 0 aromatic heterocycles. The molecule has 0 aromatic rings. The number of phosphoric ester groups is 1. The molecule has 6 N–H and O–H groups in total. The largest absolute Gasteiger partial charge is 0.472 e. The summed E-state index contributed by atoms with van der Waals surface area (Å²) in [6, 6.07) is 0. The van der Waals surface area contributed by atoms with Crippen LogP contribution in [0.25, 0.3) is 0 Å². The molecule has 0 saturated heterocycles. The van der Waals surface area contributed by atoms with Crippen LogP contribution in [0.1, 0.15) is 162 Å². The minimum absolute atomic E-state index is 0.0961. The van der Waals surface area contributed by atoms with Gasteiger partial charge in [0.15, 0.2) is 6.10 Å². The van der Waals surface area contributed by atoms with E-state index in [2.05, 4.69) is 26.0 Å². The highest BCUT2D eigenvalue weighted by Gasteiger charge is 2.51. The van der Waals surface area contributed by atoms with E-state index in [9.17, 15) is 44.6 Å². The first-order valence-electron chi connectivity index (χ1n) is 20.0. The number of esters is 2. The van der Waals surface area contributed by atoms with Crippen LogP contribution in [-0.4, -0.2) is 98.3 Å². The van der Waals surface area contributed by atoms with Crippen LogP contribution in [0.2, 0.25) is 0 Å². The standard InChI is InChI=1S/C38H71O13P/c1-3-5-7-9-11-13-14-15-16-17-18-19-21-22-24-26-31(39)48-28-30(50-32(40)27-25-23-20-12-10-8-6-4-2)29-49-52(46,47)51-38-36(44)34(42)33(41)35(43)37(38)45/h17-18,30,33-38,41-45H,3-16,19-29H2,1-2H3,(H,46,47)/b18-17+/t30-,33?,34-,35?,36?,37?,38?/m0/s1. The first kappa shape index (κ1) is 48.6. The summed E-state index contributed by atoms with van der Waals surface area (Å²) >= 11 is 0. The Balaban J connectivity index is 2.50. The van der Waals surface area contributed by atoms with Gasteiger partial charge in [0.05, 0.1) is 6.61 Å². The third kappa shape index (κ3) is 22.7. The molecular weight excluding hydrogens is 695 g/mol. The van der Waals surface area contributed by atoms with E-state index in [1.54, 1.807) is 0 Å². The van der Waals surface area contributed by atoms with E-state index in [1.807, 2.05) is 0 Å². The Bertz CT molecular complexity index is 980. The van der Waals surface area contributed by atoms with Gasteiger partial charge in [-0.1, -0.05) is 122 Å². The Labute approximate surface area is 312 Å². The van der Waals surface area contributed by atoms with Crippen molar-refractivity contribution in [3.8, 4) is 0 Å². The maximum atomic E-state index is 12.7. The van der Waals surface area contributed by atoms with Crippen molar-refractivity contribution >= 4 is 19.8 Å². The fourth-order valence-corrected chi connectivity index (χ4v) is 7.02. The number of carbonyl (C=O) groups is 2. The molecule has 14 heteroatoms. The van der Waals surface area contributed by atoms with E-state index in [0.717, 1.165) is 51.4 Å². The summed E-state index contributed by atoms with van der Waals surface area (Å²) in [5.74, 6) is -1.12. The van der Waals surface area contributed by atoms with Crippen LogP contribution in [-0.2, 0) is 32.7 Å². The zero-order valence-corrected chi connectivity index (χ0v) is 32.8. The molecule has 0 aromatic carbocycles. The van der Waals surface area contributed by atoms with E-state index in [0.29, 0.717) is 12.8 Å². The van der Waals surface area contributed by atoms with Gasteiger partial charge < -0.3 is 39.9 Å². The quantitative estimate of drug-likeness (QED) is 0.0192. The number of phosphoric acid groups is 1. The van der Waals surface area contributed by atoms with Gasteiger partial charge in [-0.15, -0.1) is 0 Å². The SMILES string of the molecule is CCCCCCCCCC/C=C/CCCCCC(=O)OC[C@@H](COP(=O)(O)OC1C(O)C(O)C(O)[C@H](O)C1O)OC(=O)CCCCCCCCCC. The van der Waals surface area contributed by atoms with Crippen molar-refractivity contribution in [2.24, 2.45) is 0 Å². The lowest BCUT2D eigenvalue weighted by Crippen LogP contribution is -2.64. The van der Waals surface area contributed by atoms with Crippen LogP contribution in [0.5, 0.6) is 0 Å². The van der Waals surface area contributed by atoms with Gasteiger partial charge in [0.2, 0.25) is 0 Å². The van der Waals surface area contributed by atoms with Crippen LogP contribution in [0.15, 0.2) is 12.2 Å². The summed E-state index contributed by atoms with van der Waals surface area (Å²) in [4.78, 5) is 35.4. The molecule has 13 nitrogen and oxygen atoms in total. The maximum Gasteiger partial charge on any atom is 0.472 e. The molecule has 52 heavy (non-hydrogen) atoms. The van der Waals surface area contributed by atoms with Gasteiger partial charge in [0.25, 0.3) is 0 Å². The van der Waals surface area contributed by atoms with Crippen LogP contribution in [0, 0.1) is 0 Å². The molecule has 0 spiro atoms. The number of hydrogen-bond acceptors (Lipinski definition) is 12. The third-order valence-electron chi connectivity index (χ3n) is 9.36. The number of allylic oxidation sites excluding steroid dienone is 2. The normalized spacial score (nSPS) is 23.8. The van der Waals surface area contributed by atoms with Crippen molar-refractivity contribution in [2.45, 2.75) is 204 Å². The molecule has 1 aliphatic rings. The van der Waals surface area contributed by atoms with Crippen molar-refractivity contribution in [2.75, 3.05) is 13.2 Å². The van der Waals surface area contributed by atoms with Crippen molar-refractivity contribution in [3.63, 3.8) is 0 Å². The van der Waals surface area contributed by atoms with Gasteiger partial charge in [0, 0.05) is 12.8 Å². The number of carbonyl (C=O) groups excluding carboxylic acids is 2. The van der Waals surface area contributed by atoms with E-state index in [1.165, 1.54) is 70.6 Å². The lowest BCUT2D eigenvalue weighted by atomic mass is 9.85. The molecule has 6 unspecified atom stereocenters. The summed E-state index contributed by atoms with van der Waals surface area (Å²) in [5, 5.41) is 49.9. The second-order valence-corrected chi connectivity index (χ2v) is 15.5. The molecule has 1 fully saturated rings. The average molecular weight is 767 g/mol. The number of ether oxygens (including phenoxy) is 2. The van der Waals surface area contributed by atoms with Gasteiger partial charge in [-0.25, -0.2) is 4.57 Å². The fraction of sp³-hybridized carbons (Fsp3) is 0.895. The Morgan fingerprint density at radius 1 is 0.577 bits per heavy atom. The van der Waals surface area contributed by atoms with Crippen LogP contribution in [0.4, 0.5) is 0 Å². The van der Waals surface area contributed by atoms with Gasteiger partial charge >= 0.3 is 19.8 Å². The fourth-order valence-electron chi connectivity index (χ4n) is 6.05. The summed E-state index contributed by atoms with van der Waals surface area (Å²) in [7, 11) is -5.10. The summed E-state index contributed by atoms with van der Waals surface area (Å²) in [6.07, 6.45) is 14.5. The summed E-state index contributed by atoms with van der Waals surface area (Å²) < 4.78 is 33.2. The number of aliphatic hydroxyl groups is 5. The van der Waals surface area contributed by atoms with Crippen molar-refractivity contribution in [1.82, 2.24) is 0 Å². The second-order valence-electron chi connectivity index (χ2n) is 14.1. The lowest BCUT2D eigenvalue weighted by molar-refractivity contribution is -0.220. The van der Waals surface area contributed by atoms with E-state index >= 15 is 0 Å². The molecular formula is C38H71O13P. The summed E-state index contributed by atoms with van der Waals surface area (Å²) in [5.41, 5.74) is 0. The lowest BCUT2D eigenvalue weighted by Gasteiger charge is -2.41. The number of hydrogen-bond donors (Lipinski definition) is 6. The molecule has 1 rings (SSSR count). The van der Waals surface area contributed by atoms with Crippen LogP contribution < -0.4 is 0 Å². The third-order valence-corrected chi connectivity index (χ3v) is 10.3. The number of rotatable bonds is 32. The Kier molecular flexibility index (Phi) is 27.9. The van der Waals surface area contributed by atoms with Crippen molar-refractivity contribution < 1.29 is 63.1 Å². The average Bonchev–Trinajstić information content (AvgIpc) is 3.12. The molecule has 1 aliphatic carbocycles. The molecule has 0 aliphatic heterocycles. The monoisotopic (exact) mass is 766 g/mol. The van der Waals surface area contributed by atoms with Gasteiger partial charge in [-0.2, -0.15) is 0 Å². The van der Waals surface area contributed by atoms with Gasteiger partial charge in [-0.3, -0.25) is 18.6 Å². The zero-order valence-electron chi connectivity index (χ0n) is 31.9. The number of unbranched alkanes of at least 4 members (excludes halogenated alkanes) is 18. The minimum atomic E-state index is -5.10. The second kappa shape index (κ2) is 29.9. The Morgan fingerprint density at radius 3 is 1.48 bits per heavy atom. The molecule has 0 heterocycles. The highest BCUT2D eigenvalue weighted by Crippen LogP contribution is 2.47. The van der Waals surface area contributed by atoms with Gasteiger partial charge in [-0.05, 0) is 38.5 Å². The van der Waals surface area contributed by atoms with Crippen molar-refractivity contribution in [3.05, 3.63) is 12.2 Å². The van der Waals surface area contributed by atoms with Crippen LogP contribution in [0.3, 0.4) is 0 Å². The van der Waals surface area contributed by atoms with Crippen LogP contribution >= 0.6 is 7.82 Å². The van der Waals surface area contributed by atoms with Crippen molar-refractivity contribution in [1.29, 1.82) is 0 Å². The zero-order chi connectivity index (χ0) is 38.6. The predicted octanol–water partition coefficient (Wildman–Crippen LogP) is 6.33. The molecule has 0 radical (unpaired) electrons. The Hall–Kier alpha value is -1.41. The first-order valence-corrected chi connectivity index (χ1v) is 21.5. The molecule has 1 saturated carbocycles. The summed E-state index contributed by atoms with van der Waals surface area (Å²) in [6.45, 7) is 3.21. The predicted molar refractivity (Wildman–Crippen MR) is 198 cm³/mol. The topological polar surface area (TPSA) is 210 Å². The highest BCUT2D eigenvalue weighted by atomic mass is 31.2. The van der Waals surface area contributed by atoms with E-state index in [-0.39, 0.29) is 12.8 Å². The smallest absolute Gasteiger partial charge is 0.462 e. The Morgan fingerprint density at radius 2 is 0.981 bits per heavy atom. The van der Waals surface area contributed by atoms with Gasteiger partial charge in [0.1, 0.15) is 43.2 Å². The highest BCUT2D eigenvalue weighted by molar-refractivity contribution is 7.47. The minimum Gasteiger partial charge on any atom is -0.462 e. The molecule has 8 atom stereocenters. The van der Waals surface area contributed by atoms with E-state index < -0.39 is 75.7 Å². The number of aliphatic hydroxyl groups excluding tert-OH is 5. The maximum absolute atomic E-state index is 12.7.